The fourth-order valence-corrected chi connectivity index (χ4v) is 2.01. The quantitative estimate of drug-likeness (QED) is 0.656. The second-order valence-corrected chi connectivity index (χ2v) is 5.17. The van der Waals surface area contributed by atoms with Crippen LogP contribution in [0.3, 0.4) is 0 Å². The Morgan fingerprint density at radius 2 is 1.94 bits per heavy atom. The SMILES string of the molecule is CC(C)CNCCNCc1ccc2cc[nH]c2c1. The first kappa shape index (κ1) is 13.1. The summed E-state index contributed by atoms with van der Waals surface area (Å²) in [7, 11) is 0. The Labute approximate surface area is 109 Å². The van der Waals surface area contributed by atoms with E-state index in [2.05, 4.69) is 53.7 Å². The zero-order valence-electron chi connectivity index (χ0n) is 11.3. The molecule has 98 valence electrons. The van der Waals surface area contributed by atoms with E-state index in [9.17, 15) is 0 Å². The van der Waals surface area contributed by atoms with Crippen molar-refractivity contribution in [2.75, 3.05) is 19.6 Å². The average Bonchev–Trinajstić information content (AvgIpc) is 2.80. The molecular weight excluding hydrogens is 222 g/mol. The lowest BCUT2D eigenvalue weighted by Gasteiger charge is -2.08. The van der Waals surface area contributed by atoms with Crippen LogP contribution in [-0.4, -0.2) is 24.6 Å². The van der Waals surface area contributed by atoms with E-state index < -0.39 is 0 Å². The highest BCUT2D eigenvalue weighted by molar-refractivity contribution is 5.79. The van der Waals surface area contributed by atoms with Crippen molar-refractivity contribution >= 4 is 10.9 Å². The maximum atomic E-state index is 3.46. The molecule has 0 aliphatic rings. The number of aromatic nitrogens is 1. The second kappa shape index (κ2) is 6.57. The molecule has 3 nitrogen and oxygen atoms in total. The summed E-state index contributed by atoms with van der Waals surface area (Å²) < 4.78 is 0. The van der Waals surface area contributed by atoms with Gasteiger partial charge in [-0.2, -0.15) is 0 Å². The normalized spacial score (nSPS) is 11.5. The van der Waals surface area contributed by atoms with E-state index in [1.165, 1.54) is 16.5 Å². The van der Waals surface area contributed by atoms with Crippen LogP contribution < -0.4 is 10.6 Å². The first-order valence-corrected chi connectivity index (χ1v) is 6.73. The summed E-state index contributed by atoms with van der Waals surface area (Å²) in [4.78, 5) is 3.24. The predicted molar refractivity (Wildman–Crippen MR) is 77.7 cm³/mol. The number of nitrogens with one attached hydrogen (secondary N) is 3. The van der Waals surface area contributed by atoms with Crippen LogP contribution in [0, 0.1) is 5.92 Å². The zero-order chi connectivity index (χ0) is 12.8. The van der Waals surface area contributed by atoms with Gasteiger partial charge in [0.2, 0.25) is 0 Å². The Morgan fingerprint density at radius 3 is 2.78 bits per heavy atom. The van der Waals surface area contributed by atoms with Gasteiger partial charge in [-0.25, -0.2) is 0 Å². The van der Waals surface area contributed by atoms with E-state index in [-0.39, 0.29) is 0 Å². The Kier molecular flexibility index (Phi) is 4.79. The van der Waals surface area contributed by atoms with Gasteiger partial charge in [0.1, 0.15) is 0 Å². The van der Waals surface area contributed by atoms with Crippen LogP contribution in [0.4, 0.5) is 0 Å². The van der Waals surface area contributed by atoms with Crippen LogP contribution in [-0.2, 0) is 6.54 Å². The summed E-state index contributed by atoms with van der Waals surface area (Å²) in [6, 6.07) is 8.66. The van der Waals surface area contributed by atoms with Crippen molar-refractivity contribution in [3.63, 3.8) is 0 Å². The first-order chi connectivity index (χ1) is 8.75. The van der Waals surface area contributed by atoms with Crippen LogP contribution >= 0.6 is 0 Å². The van der Waals surface area contributed by atoms with Gasteiger partial charge in [-0.15, -0.1) is 0 Å². The summed E-state index contributed by atoms with van der Waals surface area (Å²) >= 11 is 0. The van der Waals surface area contributed by atoms with Gasteiger partial charge in [-0.05, 0) is 35.5 Å². The highest BCUT2D eigenvalue weighted by Gasteiger charge is 1.97. The number of benzene rings is 1. The number of fused-ring (bicyclic) bond motifs is 1. The molecule has 0 aliphatic carbocycles. The molecule has 0 radical (unpaired) electrons. The van der Waals surface area contributed by atoms with Crippen LogP contribution in [0.5, 0.6) is 0 Å². The fraction of sp³-hybridized carbons (Fsp3) is 0.467. The topological polar surface area (TPSA) is 39.8 Å². The minimum absolute atomic E-state index is 0.722. The largest absolute Gasteiger partial charge is 0.361 e. The third-order valence-corrected chi connectivity index (χ3v) is 2.98. The van der Waals surface area contributed by atoms with E-state index in [1.807, 2.05) is 6.20 Å². The molecule has 0 spiro atoms. The number of H-pyrrole nitrogens is 1. The highest BCUT2D eigenvalue weighted by atomic mass is 14.9. The smallest absolute Gasteiger partial charge is 0.0457 e. The zero-order valence-corrected chi connectivity index (χ0v) is 11.3. The molecule has 0 bridgehead atoms. The lowest BCUT2D eigenvalue weighted by molar-refractivity contribution is 0.535. The molecule has 0 amide bonds. The molecule has 3 N–H and O–H groups in total. The molecule has 0 saturated heterocycles. The molecule has 18 heavy (non-hydrogen) atoms. The molecule has 0 unspecified atom stereocenters. The van der Waals surface area contributed by atoms with E-state index >= 15 is 0 Å². The van der Waals surface area contributed by atoms with Crippen LogP contribution in [0.15, 0.2) is 30.5 Å². The number of hydrogen-bond acceptors (Lipinski definition) is 2. The van der Waals surface area contributed by atoms with Crippen molar-refractivity contribution in [1.82, 2.24) is 15.6 Å². The van der Waals surface area contributed by atoms with E-state index in [4.69, 9.17) is 0 Å². The molecule has 0 aliphatic heterocycles. The molecule has 2 aromatic rings. The number of aromatic amines is 1. The lowest BCUT2D eigenvalue weighted by atomic mass is 10.1. The molecule has 2 rings (SSSR count). The third-order valence-electron chi connectivity index (χ3n) is 2.98. The molecule has 1 aromatic carbocycles. The predicted octanol–water partition coefficient (Wildman–Crippen LogP) is 2.50. The van der Waals surface area contributed by atoms with Crippen LogP contribution in [0.25, 0.3) is 10.9 Å². The van der Waals surface area contributed by atoms with Crippen LogP contribution in [0.2, 0.25) is 0 Å². The molecule has 0 atom stereocenters. The second-order valence-electron chi connectivity index (χ2n) is 5.17. The van der Waals surface area contributed by atoms with Crippen molar-refractivity contribution in [3.8, 4) is 0 Å². The fourth-order valence-electron chi connectivity index (χ4n) is 2.01. The van der Waals surface area contributed by atoms with Gasteiger partial charge in [-0.1, -0.05) is 26.0 Å². The average molecular weight is 245 g/mol. The van der Waals surface area contributed by atoms with Gasteiger partial charge in [0.25, 0.3) is 0 Å². The Hall–Kier alpha value is -1.32. The summed E-state index contributed by atoms with van der Waals surface area (Å²) in [5, 5.41) is 8.16. The monoisotopic (exact) mass is 245 g/mol. The minimum atomic E-state index is 0.722. The highest BCUT2D eigenvalue weighted by Crippen LogP contribution is 2.13. The van der Waals surface area contributed by atoms with E-state index in [0.717, 1.165) is 32.1 Å². The lowest BCUT2D eigenvalue weighted by Crippen LogP contribution is -2.29. The van der Waals surface area contributed by atoms with Gasteiger partial charge in [-0.3, -0.25) is 0 Å². The first-order valence-electron chi connectivity index (χ1n) is 6.73. The molecule has 1 heterocycles. The van der Waals surface area contributed by atoms with Crippen molar-refractivity contribution in [2.24, 2.45) is 5.92 Å². The van der Waals surface area contributed by atoms with Crippen LogP contribution in [0.1, 0.15) is 19.4 Å². The standard InChI is InChI=1S/C15H23N3/c1-12(2)10-16-7-8-17-11-13-3-4-14-5-6-18-15(14)9-13/h3-6,9,12,16-18H,7-8,10-11H2,1-2H3. The third kappa shape index (κ3) is 3.86. The van der Waals surface area contributed by atoms with Crippen molar-refractivity contribution in [2.45, 2.75) is 20.4 Å². The maximum Gasteiger partial charge on any atom is 0.0457 e. The summed E-state index contributed by atoms with van der Waals surface area (Å²) in [6.07, 6.45) is 1.98. The van der Waals surface area contributed by atoms with E-state index in [0.29, 0.717) is 0 Å². The molecule has 0 saturated carbocycles. The van der Waals surface area contributed by atoms with Gasteiger partial charge in [0, 0.05) is 31.3 Å². The van der Waals surface area contributed by atoms with Crippen molar-refractivity contribution < 1.29 is 0 Å². The molecule has 3 heteroatoms. The minimum Gasteiger partial charge on any atom is -0.361 e. The van der Waals surface area contributed by atoms with Gasteiger partial charge >= 0.3 is 0 Å². The van der Waals surface area contributed by atoms with Gasteiger partial charge < -0.3 is 15.6 Å². The van der Waals surface area contributed by atoms with Gasteiger partial charge in [0.05, 0.1) is 0 Å². The van der Waals surface area contributed by atoms with Crippen molar-refractivity contribution in [3.05, 3.63) is 36.0 Å². The Morgan fingerprint density at radius 1 is 1.11 bits per heavy atom. The molecular formula is C15H23N3. The summed E-state index contributed by atoms with van der Waals surface area (Å²) in [6.45, 7) is 8.52. The summed E-state index contributed by atoms with van der Waals surface area (Å²) in [5.74, 6) is 0.722. The Bertz CT molecular complexity index is 473. The maximum absolute atomic E-state index is 3.46. The molecule has 1 aromatic heterocycles. The van der Waals surface area contributed by atoms with Crippen molar-refractivity contribution in [1.29, 1.82) is 0 Å². The molecule has 0 fully saturated rings. The summed E-state index contributed by atoms with van der Waals surface area (Å²) in [5.41, 5.74) is 2.54. The van der Waals surface area contributed by atoms with Gasteiger partial charge in [0.15, 0.2) is 0 Å². The Balaban J connectivity index is 1.70. The number of hydrogen-bond donors (Lipinski definition) is 3. The van der Waals surface area contributed by atoms with E-state index in [1.54, 1.807) is 0 Å². The number of rotatable bonds is 7.